The Bertz CT molecular complexity index is 344. The van der Waals surface area contributed by atoms with E-state index >= 15 is 0 Å². The van der Waals surface area contributed by atoms with Crippen molar-refractivity contribution in [3.63, 3.8) is 0 Å². The Morgan fingerprint density at radius 3 is 2.62 bits per heavy atom. The highest BCUT2D eigenvalue weighted by molar-refractivity contribution is 7.99. The molecule has 1 aromatic carbocycles. The Balaban J connectivity index is 2.68. The highest BCUT2D eigenvalue weighted by atomic mass is 32.2. The lowest BCUT2D eigenvalue weighted by Gasteiger charge is -2.10. The van der Waals surface area contributed by atoms with E-state index in [9.17, 15) is 4.39 Å². The first-order chi connectivity index (χ1) is 7.54. The molecule has 0 aliphatic rings. The van der Waals surface area contributed by atoms with Gasteiger partial charge in [0.1, 0.15) is 5.82 Å². The molecule has 0 saturated carbocycles. The molecule has 0 fully saturated rings. The standard InChI is InChI=1S/C12H18FNOS/c1-8(6-15)7-16-12-4-3-10(9(2)14)5-11(12)13/h3-5,8-9,15H,6-7,14H2,1-2H3. The van der Waals surface area contributed by atoms with Crippen molar-refractivity contribution in [1.29, 1.82) is 0 Å². The Morgan fingerprint density at radius 2 is 2.12 bits per heavy atom. The molecular weight excluding hydrogens is 225 g/mol. The number of rotatable bonds is 5. The summed E-state index contributed by atoms with van der Waals surface area (Å²) in [5.74, 6) is 0.660. The summed E-state index contributed by atoms with van der Waals surface area (Å²) >= 11 is 1.42. The van der Waals surface area contributed by atoms with Crippen LogP contribution in [0.3, 0.4) is 0 Å². The summed E-state index contributed by atoms with van der Waals surface area (Å²) in [6.07, 6.45) is 0. The molecule has 3 N–H and O–H groups in total. The summed E-state index contributed by atoms with van der Waals surface area (Å²) < 4.78 is 13.6. The molecule has 1 aromatic rings. The van der Waals surface area contributed by atoms with Gasteiger partial charge in [0.2, 0.25) is 0 Å². The lowest BCUT2D eigenvalue weighted by atomic mass is 10.1. The van der Waals surface area contributed by atoms with Gasteiger partial charge in [-0.3, -0.25) is 0 Å². The molecule has 1 rings (SSSR count). The van der Waals surface area contributed by atoms with Crippen LogP contribution in [0.2, 0.25) is 0 Å². The molecule has 0 saturated heterocycles. The third kappa shape index (κ3) is 3.77. The van der Waals surface area contributed by atoms with Crippen molar-refractivity contribution < 1.29 is 9.50 Å². The van der Waals surface area contributed by atoms with E-state index in [0.717, 1.165) is 5.56 Å². The topological polar surface area (TPSA) is 46.2 Å². The Labute approximate surface area is 100 Å². The molecule has 2 atom stereocenters. The molecule has 0 bridgehead atoms. The summed E-state index contributed by atoms with van der Waals surface area (Å²) in [4.78, 5) is 0.615. The van der Waals surface area contributed by atoms with Crippen molar-refractivity contribution in [3.8, 4) is 0 Å². The molecular formula is C12H18FNOS. The predicted molar refractivity (Wildman–Crippen MR) is 66.0 cm³/mol. The lowest BCUT2D eigenvalue weighted by Crippen LogP contribution is -2.06. The number of nitrogens with two attached hydrogens (primary N) is 1. The van der Waals surface area contributed by atoms with Crippen LogP contribution in [0.15, 0.2) is 23.1 Å². The van der Waals surface area contributed by atoms with Gasteiger partial charge in [-0.25, -0.2) is 4.39 Å². The van der Waals surface area contributed by atoms with Gasteiger partial charge in [-0.05, 0) is 30.5 Å². The molecule has 16 heavy (non-hydrogen) atoms. The summed E-state index contributed by atoms with van der Waals surface area (Å²) in [5.41, 5.74) is 6.47. The third-order valence-electron chi connectivity index (χ3n) is 2.32. The fourth-order valence-electron chi connectivity index (χ4n) is 1.20. The fraction of sp³-hybridized carbons (Fsp3) is 0.500. The number of thioether (sulfide) groups is 1. The molecule has 2 nitrogen and oxygen atoms in total. The maximum absolute atomic E-state index is 13.6. The van der Waals surface area contributed by atoms with Gasteiger partial charge in [0.15, 0.2) is 0 Å². The second-order valence-electron chi connectivity index (χ2n) is 4.08. The normalized spacial score (nSPS) is 14.8. The van der Waals surface area contributed by atoms with Gasteiger partial charge < -0.3 is 10.8 Å². The van der Waals surface area contributed by atoms with Gasteiger partial charge in [-0.15, -0.1) is 11.8 Å². The summed E-state index contributed by atoms with van der Waals surface area (Å²) in [6.45, 7) is 3.89. The number of hydrogen-bond acceptors (Lipinski definition) is 3. The number of aliphatic hydroxyl groups is 1. The minimum atomic E-state index is -0.232. The van der Waals surface area contributed by atoms with Crippen molar-refractivity contribution in [2.45, 2.75) is 24.8 Å². The summed E-state index contributed by atoms with van der Waals surface area (Å²) in [5, 5.41) is 8.88. The van der Waals surface area contributed by atoms with E-state index in [-0.39, 0.29) is 24.4 Å². The van der Waals surface area contributed by atoms with Crippen molar-refractivity contribution in [2.75, 3.05) is 12.4 Å². The van der Waals surface area contributed by atoms with E-state index in [4.69, 9.17) is 10.8 Å². The van der Waals surface area contributed by atoms with Crippen LogP contribution in [-0.4, -0.2) is 17.5 Å². The summed E-state index contributed by atoms with van der Waals surface area (Å²) in [7, 11) is 0. The molecule has 0 aliphatic carbocycles. The fourth-order valence-corrected chi connectivity index (χ4v) is 2.13. The van der Waals surface area contributed by atoms with Crippen LogP contribution in [0.1, 0.15) is 25.5 Å². The molecule has 0 aromatic heterocycles. The molecule has 0 radical (unpaired) electrons. The molecule has 0 aliphatic heterocycles. The largest absolute Gasteiger partial charge is 0.396 e. The minimum Gasteiger partial charge on any atom is -0.396 e. The average molecular weight is 243 g/mol. The number of hydrogen-bond donors (Lipinski definition) is 2. The maximum Gasteiger partial charge on any atom is 0.137 e. The average Bonchev–Trinajstić information content (AvgIpc) is 2.26. The molecule has 0 spiro atoms. The lowest BCUT2D eigenvalue weighted by molar-refractivity contribution is 0.250. The number of benzene rings is 1. The second-order valence-corrected chi connectivity index (χ2v) is 5.14. The highest BCUT2D eigenvalue weighted by Gasteiger charge is 2.08. The first-order valence-corrected chi connectivity index (χ1v) is 6.31. The van der Waals surface area contributed by atoms with E-state index in [1.165, 1.54) is 17.8 Å². The SMILES string of the molecule is CC(CO)CSc1ccc(C(C)N)cc1F. The first kappa shape index (κ1) is 13.5. The van der Waals surface area contributed by atoms with Crippen LogP contribution < -0.4 is 5.73 Å². The molecule has 0 heterocycles. The van der Waals surface area contributed by atoms with Gasteiger partial charge >= 0.3 is 0 Å². The predicted octanol–water partition coefficient (Wildman–Crippen LogP) is 2.57. The second kappa shape index (κ2) is 6.23. The van der Waals surface area contributed by atoms with E-state index in [1.807, 2.05) is 19.9 Å². The van der Waals surface area contributed by atoms with E-state index in [1.54, 1.807) is 6.07 Å². The van der Waals surface area contributed by atoms with Gasteiger partial charge in [-0.1, -0.05) is 13.0 Å². The quantitative estimate of drug-likeness (QED) is 0.781. The van der Waals surface area contributed by atoms with Gasteiger partial charge in [0.25, 0.3) is 0 Å². The maximum atomic E-state index is 13.6. The van der Waals surface area contributed by atoms with Crippen LogP contribution in [0.4, 0.5) is 4.39 Å². The zero-order chi connectivity index (χ0) is 12.1. The number of halogens is 1. The highest BCUT2D eigenvalue weighted by Crippen LogP contribution is 2.25. The molecule has 0 amide bonds. The van der Waals surface area contributed by atoms with Crippen molar-refractivity contribution >= 4 is 11.8 Å². The van der Waals surface area contributed by atoms with Crippen LogP contribution in [-0.2, 0) is 0 Å². The zero-order valence-electron chi connectivity index (χ0n) is 9.61. The van der Waals surface area contributed by atoms with E-state index in [2.05, 4.69) is 0 Å². The van der Waals surface area contributed by atoms with Crippen LogP contribution in [0.5, 0.6) is 0 Å². The monoisotopic (exact) mass is 243 g/mol. The Morgan fingerprint density at radius 1 is 1.44 bits per heavy atom. The number of aliphatic hydroxyl groups excluding tert-OH is 1. The Hall–Kier alpha value is -0.580. The van der Waals surface area contributed by atoms with Crippen molar-refractivity contribution in [2.24, 2.45) is 11.7 Å². The van der Waals surface area contributed by atoms with Crippen molar-refractivity contribution in [3.05, 3.63) is 29.6 Å². The minimum absolute atomic E-state index is 0.131. The zero-order valence-corrected chi connectivity index (χ0v) is 10.4. The van der Waals surface area contributed by atoms with Crippen LogP contribution >= 0.6 is 11.8 Å². The van der Waals surface area contributed by atoms with Crippen molar-refractivity contribution in [1.82, 2.24) is 0 Å². The summed E-state index contributed by atoms with van der Waals surface area (Å²) in [6, 6.07) is 4.93. The first-order valence-electron chi connectivity index (χ1n) is 5.33. The molecule has 90 valence electrons. The van der Waals surface area contributed by atoms with E-state index < -0.39 is 0 Å². The Kier molecular flexibility index (Phi) is 5.25. The van der Waals surface area contributed by atoms with Crippen LogP contribution in [0.25, 0.3) is 0 Å². The molecule has 2 unspecified atom stereocenters. The van der Waals surface area contributed by atoms with Crippen LogP contribution in [0, 0.1) is 11.7 Å². The van der Waals surface area contributed by atoms with Gasteiger partial charge in [0.05, 0.1) is 0 Å². The van der Waals surface area contributed by atoms with Gasteiger partial charge in [0, 0.05) is 23.3 Å². The van der Waals surface area contributed by atoms with E-state index in [0.29, 0.717) is 10.6 Å². The smallest absolute Gasteiger partial charge is 0.137 e. The molecule has 4 heteroatoms. The third-order valence-corrected chi connectivity index (χ3v) is 3.69. The van der Waals surface area contributed by atoms with Gasteiger partial charge in [-0.2, -0.15) is 0 Å².